The minimum absolute atomic E-state index is 0.0504. The van der Waals surface area contributed by atoms with Crippen LogP contribution < -0.4 is 15.5 Å². The zero-order chi connectivity index (χ0) is 19.5. The van der Waals surface area contributed by atoms with Gasteiger partial charge in [0.15, 0.2) is 0 Å². The molecule has 0 aromatic heterocycles. The van der Waals surface area contributed by atoms with Crippen LogP contribution in [0.15, 0.2) is 24.3 Å². The lowest BCUT2D eigenvalue weighted by molar-refractivity contribution is -0.121. The summed E-state index contributed by atoms with van der Waals surface area (Å²) in [4.78, 5) is 42.4. The summed E-state index contributed by atoms with van der Waals surface area (Å²) in [5, 5.41) is 5.73. The molecule has 1 unspecified atom stereocenters. The number of nitrogens with one attached hydrogen (secondary N) is 2. The van der Waals surface area contributed by atoms with E-state index in [9.17, 15) is 14.4 Å². The number of piperidine rings is 1. The predicted octanol–water partition coefficient (Wildman–Crippen LogP) is 2.08. The first-order valence-corrected chi connectivity index (χ1v) is 10.1. The number of nitrogens with zero attached hydrogens (tertiary/aromatic N) is 3. The molecule has 8 heteroatoms. The Morgan fingerprint density at radius 2 is 1.68 bits per heavy atom. The van der Waals surface area contributed by atoms with Crippen molar-refractivity contribution in [1.82, 2.24) is 15.1 Å². The fourth-order valence-electron chi connectivity index (χ4n) is 4.16. The van der Waals surface area contributed by atoms with E-state index in [1.807, 2.05) is 34.1 Å². The quantitative estimate of drug-likeness (QED) is 0.835. The van der Waals surface area contributed by atoms with E-state index >= 15 is 0 Å². The second-order valence-electron chi connectivity index (χ2n) is 7.68. The molecule has 1 aromatic rings. The normalized spacial score (nSPS) is 22.4. The van der Waals surface area contributed by atoms with Gasteiger partial charge in [-0.05, 0) is 49.9 Å². The molecule has 150 valence electrons. The van der Waals surface area contributed by atoms with Gasteiger partial charge < -0.3 is 20.4 Å². The number of anilines is 2. The molecular weight excluding hydrogens is 358 g/mol. The number of benzene rings is 1. The van der Waals surface area contributed by atoms with Crippen LogP contribution in [0.3, 0.4) is 0 Å². The minimum atomic E-state index is -0.190. The number of carbonyl (C=O) groups is 3. The number of carbonyl (C=O) groups excluding carboxylic acids is 3. The summed E-state index contributed by atoms with van der Waals surface area (Å²) in [5.41, 5.74) is 1.52. The van der Waals surface area contributed by atoms with Crippen LogP contribution in [0.2, 0.25) is 0 Å². The Hall–Kier alpha value is -2.77. The average Bonchev–Trinajstić information content (AvgIpc) is 3.40. The molecule has 0 radical (unpaired) electrons. The number of hydrogen-bond acceptors (Lipinski definition) is 3. The van der Waals surface area contributed by atoms with Gasteiger partial charge in [0.1, 0.15) is 0 Å². The van der Waals surface area contributed by atoms with Gasteiger partial charge in [0, 0.05) is 50.6 Å². The molecule has 1 aromatic carbocycles. The molecule has 3 aliphatic heterocycles. The highest BCUT2D eigenvalue weighted by molar-refractivity contribution is 5.95. The Kier molecular flexibility index (Phi) is 5.36. The van der Waals surface area contributed by atoms with Crippen LogP contribution in [0.25, 0.3) is 0 Å². The molecule has 0 saturated carbocycles. The lowest BCUT2D eigenvalue weighted by atomic mass is 9.97. The number of urea groups is 2. The van der Waals surface area contributed by atoms with Crippen molar-refractivity contribution in [3.63, 3.8) is 0 Å². The first kappa shape index (κ1) is 18.6. The fraction of sp³-hybridized carbons (Fsp3) is 0.550. The largest absolute Gasteiger partial charge is 0.336 e. The van der Waals surface area contributed by atoms with Crippen LogP contribution >= 0.6 is 0 Å². The van der Waals surface area contributed by atoms with Crippen LogP contribution in [0, 0.1) is 5.92 Å². The molecule has 4 rings (SSSR count). The minimum Gasteiger partial charge on any atom is -0.336 e. The van der Waals surface area contributed by atoms with Crippen molar-refractivity contribution < 1.29 is 14.4 Å². The highest BCUT2D eigenvalue weighted by Gasteiger charge is 2.31. The van der Waals surface area contributed by atoms with Crippen LogP contribution in [-0.2, 0) is 4.79 Å². The first-order valence-electron chi connectivity index (χ1n) is 10.1. The van der Waals surface area contributed by atoms with Gasteiger partial charge in [-0.1, -0.05) is 0 Å². The van der Waals surface area contributed by atoms with E-state index < -0.39 is 0 Å². The molecule has 1 atom stereocenters. The zero-order valence-electron chi connectivity index (χ0n) is 16.0. The number of likely N-dealkylation sites (tertiary alicyclic amines) is 2. The third-order valence-electron chi connectivity index (χ3n) is 5.74. The summed E-state index contributed by atoms with van der Waals surface area (Å²) in [6.45, 7) is 4.15. The molecule has 3 fully saturated rings. The van der Waals surface area contributed by atoms with Crippen molar-refractivity contribution in [2.24, 2.45) is 5.92 Å². The monoisotopic (exact) mass is 385 g/mol. The number of hydrogen-bond donors (Lipinski definition) is 2. The SMILES string of the molecule is O=C(Nc1ccc(N2CCNC2=O)cc1)C1CCCN(C(=O)N2CCCC2)C1. The first-order chi connectivity index (χ1) is 13.6. The van der Waals surface area contributed by atoms with Crippen LogP contribution in [0.5, 0.6) is 0 Å². The summed E-state index contributed by atoms with van der Waals surface area (Å²) >= 11 is 0. The van der Waals surface area contributed by atoms with Crippen LogP contribution in [-0.4, -0.2) is 67.0 Å². The molecule has 0 spiro atoms. The van der Waals surface area contributed by atoms with E-state index in [-0.39, 0.29) is 23.9 Å². The Labute approximate surface area is 164 Å². The maximum atomic E-state index is 12.7. The summed E-state index contributed by atoms with van der Waals surface area (Å²) in [7, 11) is 0. The maximum absolute atomic E-state index is 12.7. The second-order valence-corrected chi connectivity index (χ2v) is 7.68. The Morgan fingerprint density at radius 3 is 2.36 bits per heavy atom. The third-order valence-corrected chi connectivity index (χ3v) is 5.74. The van der Waals surface area contributed by atoms with Crippen molar-refractivity contribution in [3.05, 3.63) is 24.3 Å². The summed E-state index contributed by atoms with van der Waals surface area (Å²) in [5.74, 6) is -0.241. The van der Waals surface area contributed by atoms with E-state index in [0.717, 1.165) is 51.0 Å². The van der Waals surface area contributed by atoms with Gasteiger partial charge >= 0.3 is 12.1 Å². The van der Waals surface area contributed by atoms with Crippen LogP contribution in [0.4, 0.5) is 21.0 Å². The summed E-state index contributed by atoms with van der Waals surface area (Å²) in [6.07, 6.45) is 3.78. The van der Waals surface area contributed by atoms with Crippen molar-refractivity contribution in [3.8, 4) is 0 Å². The van der Waals surface area contributed by atoms with Gasteiger partial charge in [-0.15, -0.1) is 0 Å². The second kappa shape index (κ2) is 8.08. The number of rotatable bonds is 3. The van der Waals surface area contributed by atoms with Crippen molar-refractivity contribution >= 4 is 29.3 Å². The molecule has 3 saturated heterocycles. The molecule has 3 heterocycles. The van der Waals surface area contributed by atoms with Gasteiger partial charge in [0.2, 0.25) is 5.91 Å². The van der Waals surface area contributed by atoms with Gasteiger partial charge in [-0.25, -0.2) is 9.59 Å². The highest BCUT2D eigenvalue weighted by Crippen LogP contribution is 2.23. The van der Waals surface area contributed by atoms with Crippen molar-refractivity contribution in [1.29, 1.82) is 0 Å². The topological polar surface area (TPSA) is 85.0 Å². The standard InChI is InChI=1S/C20H27N5O3/c26-18(15-4-3-12-24(14-15)20(28)23-10-1-2-11-23)22-16-5-7-17(8-6-16)25-13-9-21-19(25)27/h5-8,15H,1-4,9-14H2,(H,21,27)(H,22,26). The third kappa shape index (κ3) is 3.90. The van der Waals surface area contributed by atoms with Gasteiger partial charge in [0.05, 0.1) is 5.92 Å². The van der Waals surface area contributed by atoms with E-state index in [0.29, 0.717) is 25.3 Å². The van der Waals surface area contributed by atoms with E-state index in [1.54, 1.807) is 4.90 Å². The Morgan fingerprint density at radius 1 is 0.964 bits per heavy atom. The van der Waals surface area contributed by atoms with Crippen LogP contribution in [0.1, 0.15) is 25.7 Å². The van der Waals surface area contributed by atoms with E-state index in [4.69, 9.17) is 0 Å². The lowest BCUT2D eigenvalue weighted by Crippen LogP contribution is -2.48. The molecule has 2 N–H and O–H groups in total. The molecule has 8 nitrogen and oxygen atoms in total. The molecule has 3 aliphatic rings. The molecule has 28 heavy (non-hydrogen) atoms. The van der Waals surface area contributed by atoms with Gasteiger partial charge in [-0.2, -0.15) is 0 Å². The lowest BCUT2D eigenvalue weighted by Gasteiger charge is -2.34. The van der Waals surface area contributed by atoms with Crippen molar-refractivity contribution in [2.75, 3.05) is 49.5 Å². The molecule has 5 amide bonds. The average molecular weight is 385 g/mol. The van der Waals surface area contributed by atoms with Gasteiger partial charge in [0.25, 0.3) is 0 Å². The predicted molar refractivity (Wildman–Crippen MR) is 106 cm³/mol. The summed E-state index contributed by atoms with van der Waals surface area (Å²) in [6, 6.07) is 7.28. The van der Waals surface area contributed by atoms with Crippen molar-refractivity contribution in [2.45, 2.75) is 25.7 Å². The Balaban J connectivity index is 1.33. The summed E-state index contributed by atoms with van der Waals surface area (Å²) < 4.78 is 0. The highest BCUT2D eigenvalue weighted by atomic mass is 16.2. The van der Waals surface area contributed by atoms with Gasteiger partial charge in [-0.3, -0.25) is 9.69 Å². The smallest absolute Gasteiger partial charge is 0.321 e. The number of amides is 5. The maximum Gasteiger partial charge on any atom is 0.321 e. The molecule has 0 bridgehead atoms. The fourth-order valence-corrected chi connectivity index (χ4v) is 4.16. The zero-order valence-corrected chi connectivity index (χ0v) is 16.0. The van der Waals surface area contributed by atoms with E-state index in [1.165, 1.54) is 0 Å². The van der Waals surface area contributed by atoms with E-state index in [2.05, 4.69) is 10.6 Å². The molecular formula is C20H27N5O3. The molecule has 0 aliphatic carbocycles. The Bertz CT molecular complexity index is 745.